The summed E-state index contributed by atoms with van der Waals surface area (Å²) in [4.78, 5) is 11.2. The van der Waals surface area contributed by atoms with Gasteiger partial charge in [0.25, 0.3) is 0 Å². The van der Waals surface area contributed by atoms with Gasteiger partial charge in [0, 0.05) is 10.9 Å². The van der Waals surface area contributed by atoms with Crippen LogP contribution in [0.2, 0.25) is 0 Å². The monoisotopic (exact) mass is 279 g/mol. The molecule has 0 saturated carbocycles. The molecule has 0 heterocycles. The van der Waals surface area contributed by atoms with Crippen LogP contribution < -0.4 is 5.32 Å². The first-order valence-corrected chi connectivity index (χ1v) is 5.60. The lowest BCUT2D eigenvalue weighted by atomic mass is 10.2. The van der Waals surface area contributed by atoms with Gasteiger partial charge in [-0.25, -0.2) is 4.79 Å². The van der Waals surface area contributed by atoms with E-state index in [1.807, 2.05) is 0 Å². The molecular formula is C11H12F3NO2S. The van der Waals surface area contributed by atoms with Crippen LogP contribution in [0, 0.1) is 0 Å². The highest BCUT2D eigenvalue weighted by Gasteiger charge is 2.29. The molecule has 7 heteroatoms. The van der Waals surface area contributed by atoms with Crippen LogP contribution in [-0.2, 0) is 10.9 Å². The van der Waals surface area contributed by atoms with Gasteiger partial charge in [-0.1, -0.05) is 6.92 Å². The average molecular weight is 279 g/mol. The van der Waals surface area contributed by atoms with Crippen molar-refractivity contribution in [2.75, 3.05) is 11.9 Å². The summed E-state index contributed by atoms with van der Waals surface area (Å²) in [5.74, 6) is 0. The van der Waals surface area contributed by atoms with Gasteiger partial charge < -0.3 is 4.74 Å². The number of amides is 1. The third-order valence-electron chi connectivity index (χ3n) is 1.91. The lowest BCUT2D eigenvalue weighted by molar-refractivity contribution is -0.137. The topological polar surface area (TPSA) is 38.3 Å². The molecule has 18 heavy (non-hydrogen) atoms. The van der Waals surface area contributed by atoms with E-state index in [9.17, 15) is 18.0 Å². The Hall–Kier alpha value is -1.37. The number of benzene rings is 1. The number of alkyl halides is 3. The summed E-state index contributed by atoms with van der Waals surface area (Å²) in [6, 6.07) is 4.09. The van der Waals surface area contributed by atoms with Crippen LogP contribution >= 0.6 is 12.6 Å². The smallest absolute Gasteiger partial charge is 0.416 e. The van der Waals surface area contributed by atoms with Gasteiger partial charge in [0.05, 0.1) is 5.56 Å². The van der Waals surface area contributed by atoms with E-state index in [0.29, 0.717) is 0 Å². The van der Waals surface area contributed by atoms with Crippen LogP contribution in [0.1, 0.15) is 12.5 Å². The first-order chi connectivity index (χ1) is 8.29. The Balaban J connectivity index is 2.56. The lowest BCUT2D eigenvalue weighted by Crippen LogP contribution is -2.17. The minimum Gasteiger partial charge on any atom is -0.448 e. The minimum absolute atomic E-state index is 0.108. The lowest BCUT2D eigenvalue weighted by Gasteiger charge is -2.10. The van der Waals surface area contributed by atoms with Crippen molar-refractivity contribution in [3.63, 3.8) is 0 Å². The van der Waals surface area contributed by atoms with Crippen molar-refractivity contribution in [1.82, 2.24) is 0 Å². The maximum absolute atomic E-state index is 12.3. The van der Waals surface area contributed by atoms with Gasteiger partial charge in [0.2, 0.25) is 0 Å². The minimum atomic E-state index is -4.39. The van der Waals surface area contributed by atoms with E-state index < -0.39 is 17.8 Å². The molecule has 1 atom stereocenters. The van der Waals surface area contributed by atoms with E-state index in [-0.39, 0.29) is 17.5 Å². The molecule has 0 unspecified atom stereocenters. The Kier molecular flexibility index (Phi) is 4.89. The van der Waals surface area contributed by atoms with E-state index in [4.69, 9.17) is 4.74 Å². The Bertz CT molecular complexity index is 404. The van der Waals surface area contributed by atoms with Crippen LogP contribution in [0.25, 0.3) is 0 Å². The molecule has 0 fully saturated rings. The second-order valence-electron chi connectivity index (χ2n) is 3.65. The normalized spacial score (nSPS) is 12.9. The number of ether oxygens (including phenoxy) is 1. The van der Waals surface area contributed by atoms with Gasteiger partial charge in [-0.3, -0.25) is 5.32 Å². The standard InChI is InChI=1S/C11H12F3NO2S/c1-7(18)6-17-10(16)15-9-4-2-8(3-5-9)11(12,13)14/h2-5,7,18H,6H2,1H3,(H,15,16)/t7-/m0/s1. The third-order valence-corrected chi connectivity index (χ3v) is 2.06. The van der Waals surface area contributed by atoms with E-state index >= 15 is 0 Å². The van der Waals surface area contributed by atoms with Crippen molar-refractivity contribution >= 4 is 24.4 Å². The van der Waals surface area contributed by atoms with Gasteiger partial charge in [0.15, 0.2) is 0 Å². The summed E-state index contributed by atoms with van der Waals surface area (Å²) < 4.78 is 41.6. The fraction of sp³-hybridized carbons (Fsp3) is 0.364. The molecular weight excluding hydrogens is 267 g/mol. The SMILES string of the molecule is C[C@H](S)COC(=O)Nc1ccc(C(F)(F)F)cc1. The zero-order valence-electron chi connectivity index (χ0n) is 9.49. The number of halogens is 3. The van der Waals surface area contributed by atoms with E-state index in [2.05, 4.69) is 17.9 Å². The molecule has 0 saturated heterocycles. The largest absolute Gasteiger partial charge is 0.448 e. The predicted octanol–water partition coefficient (Wildman–Crippen LogP) is 3.57. The molecule has 100 valence electrons. The molecule has 1 N–H and O–H groups in total. The molecule has 0 aliphatic rings. The first kappa shape index (κ1) is 14.7. The summed E-state index contributed by atoms with van der Waals surface area (Å²) in [5, 5.41) is 2.21. The highest BCUT2D eigenvalue weighted by atomic mass is 32.1. The van der Waals surface area contributed by atoms with Crippen LogP contribution in [0.3, 0.4) is 0 Å². The number of carbonyl (C=O) groups is 1. The number of hydrogen-bond donors (Lipinski definition) is 2. The highest BCUT2D eigenvalue weighted by molar-refractivity contribution is 7.80. The number of hydrogen-bond acceptors (Lipinski definition) is 3. The van der Waals surface area contributed by atoms with Gasteiger partial charge >= 0.3 is 12.3 Å². The summed E-state index contributed by atoms with van der Waals surface area (Å²) >= 11 is 4.01. The highest BCUT2D eigenvalue weighted by Crippen LogP contribution is 2.29. The zero-order chi connectivity index (χ0) is 13.8. The molecule has 0 radical (unpaired) electrons. The number of nitrogens with one attached hydrogen (secondary N) is 1. The summed E-state index contributed by atoms with van der Waals surface area (Å²) in [5.41, 5.74) is -0.537. The average Bonchev–Trinajstić information content (AvgIpc) is 2.26. The molecule has 3 nitrogen and oxygen atoms in total. The summed E-state index contributed by atoms with van der Waals surface area (Å²) in [6.45, 7) is 1.87. The second-order valence-corrected chi connectivity index (χ2v) is 4.53. The molecule has 0 bridgehead atoms. The van der Waals surface area contributed by atoms with Crippen LogP contribution in [0.15, 0.2) is 24.3 Å². The third kappa shape index (κ3) is 4.87. The van der Waals surface area contributed by atoms with Gasteiger partial charge in [-0.15, -0.1) is 0 Å². The zero-order valence-corrected chi connectivity index (χ0v) is 10.4. The number of thiol groups is 1. The van der Waals surface area contributed by atoms with Crippen molar-refractivity contribution in [2.45, 2.75) is 18.3 Å². The molecule has 0 aromatic heterocycles. The Morgan fingerprint density at radius 1 is 1.39 bits per heavy atom. The van der Waals surface area contributed by atoms with E-state index in [0.717, 1.165) is 24.3 Å². The van der Waals surface area contributed by atoms with Crippen molar-refractivity contribution in [3.8, 4) is 0 Å². The van der Waals surface area contributed by atoms with Crippen molar-refractivity contribution in [1.29, 1.82) is 0 Å². The Labute approximate surface area is 108 Å². The van der Waals surface area contributed by atoms with Crippen LogP contribution in [0.5, 0.6) is 0 Å². The second kappa shape index (κ2) is 5.99. The maximum atomic E-state index is 12.3. The maximum Gasteiger partial charge on any atom is 0.416 e. The van der Waals surface area contributed by atoms with Crippen molar-refractivity contribution in [3.05, 3.63) is 29.8 Å². The first-order valence-electron chi connectivity index (χ1n) is 5.08. The van der Waals surface area contributed by atoms with Crippen molar-refractivity contribution in [2.24, 2.45) is 0 Å². The van der Waals surface area contributed by atoms with E-state index in [1.165, 1.54) is 0 Å². The van der Waals surface area contributed by atoms with Crippen molar-refractivity contribution < 1.29 is 22.7 Å². The Morgan fingerprint density at radius 3 is 2.39 bits per heavy atom. The van der Waals surface area contributed by atoms with Crippen LogP contribution in [-0.4, -0.2) is 18.0 Å². The molecule has 0 spiro atoms. The predicted molar refractivity (Wildman–Crippen MR) is 64.9 cm³/mol. The van der Waals surface area contributed by atoms with Crippen LogP contribution in [0.4, 0.5) is 23.7 Å². The molecule has 0 aliphatic carbocycles. The quantitative estimate of drug-likeness (QED) is 0.830. The summed E-state index contributed by atoms with van der Waals surface area (Å²) in [6.07, 6.45) is -5.11. The van der Waals surface area contributed by atoms with Gasteiger partial charge in [-0.05, 0) is 24.3 Å². The number of carbonyl (C=O) groups excluding carboxylic acids is 1. The molecule has 1 aromatic rings. The summed E-state index contributed by atoms with van der Waals surface area (Å²) in [7, 11) is 0. The van der Waals surface area contributed by atoms with Gasteiger partial charge in [0.1, 0.15) is 6.61 Å². The van der Waals surface area contributed by atoms with E-state index in [1.54, 1.807) is 6.92 Å². The fourth-order valence-electron chi connectivity index (χ4n) is 1.09. The number of anilines is 1. The molecule has 1 rings (SSSR count). The molecule has 1 amide bonds. The number of rotatable bonds is 3. The molecule has 0 aliphatic heterocycles. The fourth-order valence-corrected chi connectivity index (χ4v) is 1.17. The Morgan fingerprint density at radius 2 is 1.94 bits per heavy atom. The van der Waals surface area contributed by atoms with Gasteiger partial charge in [-0.2, -0.15) is 25.8 Å². The molecule has 1 aromatic carbocycles.